The fraction of sp³-hybridized carbons (Fsp3) is 0.409. The third kappa shape index (κ3) is 8.61. The number of nitrogens with one attached hydrogen (secondary N) is 3. The molecule has 15 nitrogen and oxygen atoms in total. The number of pyridine rings is 1. The van der Waals surface area contributed by atoms with Crippen LogP contribution in [-0.2, 0) is 21.7 Å². The molecule has 4 N–H and O–H groups in total. The highest BCUT2D eigenvalue weighted by Crippen LogP contribution is 2.31. The van der Waals surface area contributed by atoms with Gasteiger partial charge in [-0.2, -0.15) is 4.98 Å². The Morgan fingerprint density at radius 3 is 2.37 bits per heavy atom. The van der Waals surface area contributed by atoms with Gasteiger partial charge in [0, 0.05) is 75.5 Å². The molecule has 0 saturated carbocycles. The summed E-state index contributed by atoms with van der Waals surface area (Å²) < 4.78 is 18.4. The van der Waals surface area contributed by atoms with Crippen molar-refractivity contribution in [3.05, 3.63) is 101 Å². The summed E-state index contributed by atoms with van der Waals surface area (Å²) in [6.07, 6.45) is 5.99. The van der Waals surface area contributed by atoms with Gasteiger partial charge in [0.05, 0.1) is 17.9 Å². The minimum atomic E-state index is -1.18. The first-order chi connectivity index (χ1) is 28.8. The van der Waals surface area contributed by atoms with Crippen LogP contribution < -0.4 is 31.3 Å². The minimum Gasteiger partial charge on any atom is -0.384 e. The highest BCUT2D eigenvalue weighted by Gasteiger charge is 2.29. The molecule has 0 aliphatic carbocycles. The molecule has 1 atom stereocenters. The van der Waals surface area contributed by atoms with Crippen molar-refractivity contribution in [1.29, 1.82) is 0 Å². The smallest absolute Gasteiger partial charge is 0.278 e. The van der Waals surface area contributed by atoms with Gasteiger partial charge in [-0.3, -0.25) is 24.6 Å². The van der Waals surface area contributed by atoms with Crippen molar-refractivity contribution in [2.45, 2.75) is 64.6 Å². The van der Waals surface area contributed by atoms with Crippen LogP contribution in [0.15, 0.2) is 78.2 Å². The van der Waals surface area contributed by atoms with Gasteiger partial charge in [0.15, 0.2) is 11.5 Å². The van der Waals surface area contributed by atoms with Crippen molar-refractivity contribution in [1.82, 2.24) is 34.5 Å². The summed E-state index contributed by atoms with van der Waals surface area (Å²) in [5.74, 6) is 0.379. The number of aromatic nitrogens is 5. The number of amides is 2. The number of imide groups is 1. The number of hydrogen-bond acceptors (Lipinski definition) is 12. The average Bonchev–Trinajstić information content (AvgIpc) is 3.49. The topological polar surface area (TPSA) is 166 Å². The Bertz CT molecular complexity index is 2480. The molecule has 5 aromatic rings. The largest absolute Gasteiger partial charge is 0.384 e. The van der Waals surface area contributed by atoms with E-state index in [1.165, 1.54) is 22.6 Å². The number of hydrogen-bond donors (Lipinski definition) is 4. The number of allylic oxidation sites excluding steroid dienone is 1. The van der Waals surface area contributed by atoms with E-state index in [9.17, 15) is 19.5 Å². The Kier molecular flexibility index (Phi) is 11.4. The second kappa shape index (κ2) is 16.9. The van der Waals surface area contributed by atoms with Crippen molar-refractivity contribution in [2.24, 2.45) is 5.92 Å². The van der Waals surface area contributed by atoms with E-state index in [1.807, 2.05) is 6.07 Å². The number of benzene rings is 2. The molecule has 2 amide bonds. The van der Waals surface area contributed by atoms with Gasteiger partial charge in [-0.15, -0.1) is 6.58 Å². The molecule has 3 aromatic heterocycles. The molecular weight excluding hydrogens is 766 g/mol. The molecule has 6 heterocycles. The normalized spacial score (nSPS) is 18.2. The number of anilines is 5. The number of nitrogens with zero attached hydrogens (tertiary/aromatic N) is 8. The number of aliphatic hydroxyl groups is 1. The molecule has 314 valence electrons. The third-order valence-electron chi connectivity index (χ3n) is 11.7. The van der Waals surface area contributed by atoms with Crippen LogP contribution in [0.5, 0.6) is 0 Å². The second-order valence-corrected chi connectivity index (χ2v) is 16.5. The molecule has 3 aliphatic heterocycles. The van der Waals surface area contributed by atoms with Gasteiger partial charge in [-0.1, -0.05) is 12.1 Å². The van der Waals surface area contributed by atoms with Crippen LogP contribution in [0.2, 0.25) is 0 Å². The lowest BCUT2D eigenvalue weighted by atomic mass is 9.95. The molecule has 1 unspecified atom stereocenters. The lowest BCUT2D eigenvalue weighted by Gasteiger charge is -2.40. The molecule has 0 spiro atoms. The Hall–Kier alpha value is -6.13. The van der Waals surface area contributed by atoms with Crippen LogP contribution in [0, 0.1) is 18.7 Å². The predicted octanol–water partition coefficient (Wildman–Crippen LogP) is 4.84. The maximum absolute atomic E-state index is 15.2. The average molecular weight is 818 g/mol. The Morgan fingerprint density at radius 1 is 0.933 bits per heavy atom. The molecule has 3 fully saturated rings. The summed E-state index contributed by atoms with van der Waals surface area (Å²) in [6, 6.07) is 16.0. The number of fused-ring (bicyclic) bond motifs is 1. The Morgan fingerprint density at radius 2 is 1.67 bits per heavy atom. The number of carbonyl (C=O) groups is 2. The van der Waals surface area contributed by atoms with Crippen LogP contribution in [-0.4, -0.2) is 98.0 Å². The summed E-state index contributed by atoms with van der Waals surface area (Å²) >= 11 is 0. The molecule has 3 aliphatic rings. The molecule has 0 radical (unpaired) electrons. The molecule has 2 aromatic carbocycles. The van der Waals surface area contributed by atoms with E-state index in [-0.39, 0.29) is 36.2 Å². The second-order valence-electron chi connectivity index (χ2n) is 16.5. The number of carbonyl (C=O) groups excluding carboxylic acids is 2. The van der Waals surface area contributed by atoms with Crippen LogP contribution >= 0.6 is 0 Å². The van der Waals surface area contributed by atoms with E-state index < -0.39 is 11.6 Å². The van der Waals surface area contributed by atoms with Crippen molar-refractivity contribution in [3.63, 3.8) is 0 Å². The van der Waals surface area contributed by atoms with Crippen molar-refractivity contribution in [3.8, 4) is 5.82 Å². The van der Waals surface area contributed by atoms with Crippen LogP contribution in [0.25, 0.3) is 16.9 Å². The number of aryl methyl sites for hydroxylation is 1. The van der Waals surface area contributed by atoms with Crippen LogP contribution in [0.4, 0.5) is 33.1 Å². The van der Waals surface area contributed by atoms with Crippen LogP contribution in [0.1, 0.15) is 50.8 Å². The summed E-state index contributed by atoms with van der Waals surface area (Å²) in [7, 11) is 0. The van der Waals surface area contributed by atoms with Gasteiger partial charge >= 0.3 is 0 Å². The lowest BCUT2D eigenvalue weighted by molar-refractivity contribution is -0.133. The molecular formula is C44H52FN11O4. The fourth-order valence-electron chi connectivity index (χ4n) is 8.49. The third-order valence-corrected chi connectivity index (χ3v) is 11.7. The van der Waals surface area contributed by atoms with E-state index in [0.29, 0.717) is 52.2 Å². The number of halogens is 1. The zero-order valence-electron chi connectivity index (χ0n) is 34.3. The van der Waals surface area contributed by atoms with Gasteiger partial charge in [0.2, 0.25) is 17.8 Å². The van der Waals surface area contributed by atoms with Crippen molar-refractivity contribution < 1.29 is 19.1 Å². The predicted molar refractivity (Wildman–Crippen MR) is 231 cm³/mol. The summed E-state index contributed by atoms with van der Waals surface area (Å²) in [6.45, 7) is 15.7. The number of piperazine rings is 1. The van der Waals surface area contributed by atoms with E-state index in [1.54, 1.807) is 54.9 Å². The van der Waals surface area contributed by atoms with E-state index >= 15 is 4.39 Å². The maximum Gasteiger partial charge on any atom is 0.278 e. The van der Waals surface area contributed by atoms with E-state index in [0.717, 1.165) is 69.9 Å². The highest BCUT2D eigenvalue weighted by molar-refractivity contribution is 6.01. The first-order valence-corrected chi connectivity index (χ1v) is 20.6. The fourth-order valence-corrected chi connectivity index (χ4v) is 8.49. The quantitative estimate of drug-likeness (QED) is 0.100. The van der Waals surface area contributed by atoms with Gasteiger partial charge in [-0.05, 0) is 100 Å². The molecule has 3 saturated heterocycles. The first kappa shape index (κ1) is 40.6. The van der Waals surface area contributed by atoms with Gasteiger partial charge in [-0.25, -0.2) is 23.7 Å². The summed E-state index contributed by atoms with van der Waals surface area (Å²) in [5.41, 5.74) is 3.64. The zero-order valence-corrected chi connectivity index (χ0v) is 34.3. The summed E-state index contributed by atoms with van der Waals surface area (Å²) in [5, 5.41) is 19.7. The van der Waals surface area contributed by atoms with Crippen LogP contribution in [0.3, 0.4) is 0 Å². The van der Waals surface area contributed by atoms with Gasteiger partial charge < -0.3 is 25.5 Å². The Balaban J connectivity index is 0.855. The molecule has 0 bridgehead atoms. The minimum absolute atomic E-state index is 0.233. The van der Waals surface area contributed by atoms with E-state index in [4.69, 9.17) is 4.98 Å². The zero-order chi connectivity index (χ0) is 42.1. The monoisotopic (exact) mass is 817 g/mol. The molecule has 16 heteroatoms. The number of rotatable bonds is 12. The molecule has 60 heavy (non-hydrogen) atoms. The standard InChI is InChI=1S/C44H52FN11O4/c1-5-17-55-42(59)32-26-46-43(51-40(32)56(55)38-8-6-7-37(49-38)44(3,4)60)48-30-9-12-35(28(2)24-30)53-18-15-29(16-19-53)27-52-20-22-54(23-21-52)36-13-10-31(25-33(36)45)47-34-11-14-39(57)50-41(34)58/h5-10,12-13,24-26,29,34,47,60H,1,11,14-23,27H2,2-4H3,(H,46,48,51)(H,50,57,58). The highest BCUT2D eigenvalue weighted by atomic mass is 19.1. The Labute approximate surface area is 347 Å². The SMILES string of the molecule is C=CCn1c(=O)c2cnc(Nc3ccc(N4CCC(CN5CCN(c6ccc(NC7CCC(=O)NC7=O)cc6F)CC5)CC4)c(C)c3)nc2n1-c1cccc(C(C)(C)O)n1. The first-order valence-electron chi connectivity index (χ1n) is 20.6. The van der Waals surface area contributed by atoms with E-state index in [2.05, 4.69) is 66.3 Å². The molecule has 8 rings (SSSR count). The lowest BCUT2D eigenvalue weighted by Crippen LogP contribution is -2.49. The van der Waals surface area contributed by atoms with Crippen molar-refractivity contribution in [2.75, 3.05) is 66.2 Å². The van der Waals surface area contributed by atoms with Gasteiger partial charge in [0.25, 0.3) is 5.56 Å². The number of piperidine rings is 2. The maximum atomic E-state index is 15.2. The van der Waals surface area contributed by atoms with Crippen molar-refractivity contribution >= 4 is 51.5 Å². The summed E-state index contributed by atoms with van der Waals surface area (Å²) in [4.78, 5) is 58.0. The van der Waals surface area contributed by atoms with Gasteiger partial charge in [0.1, 0.15) is 22.8 Å².